The second kappa shape index (κ2) is 16.1. The molecule has 0 radical (unpaired) electrons. The summed E-state index contributed by atoms with van der Waals surface area (Å²) in [5, 5.41) is 2.72. The number of nitrogens with zero attached hydrogens (tertiary/aromatic N) is 3. The molecular formula is C43H43F3N5O5+. The van der Waals surface area contributed by atoms with Crippen molar-refractivity contribution >= 4 is 29.9 Å². The van der Waals surface area contributed by atoms with E-state index in [1.165, 1.54) is 21.9 Å². The topological polar surface area (TPSA) is 122 Å². The van der Waals surface area contributed by atoms with Gasteiger partial charge < -0.3 is 20.7 Å². The SMILES string of the molecule is N[C@H]1CC[N+](Cc2ccccc2)(C(=O)C[C@@H](C(=O)NCc2cccc(C(F)(F)F)c2)N2C(=O)[C@@H](N3C(=O)OC[C@@H]3c3ccccc3)[C@H]2/C=C/c2ccccc2)C1. The van der Waals surface area contributed by atoms with Crippen LogP contribution < -0.4 is 11.1 Å². The van der Waals surface area contributed by atoms with Gasteiger partial charge in [-0.3, -0.25) is 19.0 Å². The summed E-state index contributed by atoms with van der Waals surface area (Å²) in [6, 6.07) is 28.4. The van der Waals surface area contributed by atoms with Crippen molar-refractivity contribution in [3.8, 4) is 0 Å². The molecule has 3 aliphatic rings. The van der Waals surface area contributed by atoms with Gasteiger partial charge in [0.1, 0.15) is 31.8 Å². The second-order valence-electron chi connectivity index (χ2n) is 14.6. The molecule has 3 N–H and O–H groups in total. The van der Waals surface area contributed by atoms with Crippen LogP contribution in [-0.2, 0) is 38.4 Å². The number of amides is 4. The Bertz CT molecular complexity index is 2080. The van der Waals surface area contributed by atoms with E-state index in [1.807, 2.05) is 91.0 Å². The van der Waals surface area contributed by atoms with Crippen LogP contribution in [0.1, 0.15) is 46.7 Å². The first-order valence-corrected chi connectivity index (χ1v) is 18.6. The van der Waals surface area contributed by atoms with Crippen molar-refractivity contribution in [2.24, 2.45) is 5.73 Å². The monoisotopic (exact) mass is 766 g/mol. The Morgan fingerprint density at radius 2 is 1.57 bits per heavy atom. The van der Waals surface area contributed by atoms with E-state index in [1.54, 1.807) is 12.2 Å². The third-order valence-corrected chi connectivity index (χ3v) is 10.9. The summed E-state index contributed by atoms with van der Waals surface area (Å²) in [6.07, 6.45) is -1.56. The van der Waals surface area contributed by atoms with Gasteiger partial charge in [-0.05, 0) is 28.8 Å². The molecule has 0 saturated carbocycles. The molecule has 13 heteroatoms. The van der Waals surface area contributed by atoms with Gasteiger partial charge in [-0.25, -0.2) is 9.59 Å². The number of hydrogen-bond donors (Lipinski definition) is 2. The molecule has 3 aliphatic heterocycles. The van der Waals surface area contributed by atoms with E-state index >= 15 is 0 Å². The number of quaternary nitrogens is 1. The standard InChI is InChI=1S/C43H42F3N5O5/c44-43(45,46)33-18-10-15-31(23-33)25-48-40(53)36(24-38(52)51(22-21-34(47)27-51)26-30-13-6-2-7-14-30)49-35(20-19-29-11-4-1-5-12-29)39(41(49)54)50-37(28-56-42(50)55)32-16-8-3-9-17-32/h1-20,23,34-37,39H,21-22,24-28,47H2/p+1/b20-19+/t34-,35+,36-,37+,39-,51?/m0/s1. The van der Waals surface area contributed by atoms with E-state index in [0.29, 0.717) is 26.1 Å². The molecule has 3 saturated heterocycles. The maximum absolute atomic E-state index is 14.7. The zero-order valence-electron chi connectivity index (χ0n) is 30.6. The number of nitrogens with two attached hydrogens (primary N) is 1. The molecule has 0 spiro atoms. The molecule has 4 aromatic rings. The summed E-state index contributed by atoms with van der Waals surface area (Å²) in [7, 11) is 0. The van der Waals surface area contributed by atoms with Gasteiger partial charge in [0.25, 0.3) is 0 Å². The molecule has 290 valence electrons. The summed E-state index contributed by atoms with van der Waals surface area (Å²) in [5.41, 5.74) is 8.18. The van der Waals surface area contributed by atoms with Crippen LogP contribution in [0.15, 0.2) is 121 Å². The van der Waals surface area contributed by atoms with E-state index in [9.17, 15) is 32.3 Å². The first-order valence-electron chi connectivity index (χ1n) is 18.6. The normalized spacial score (nSPS) is 24.2. The van der Waals surface area contributed by atoms with E-state index < -0.39 is 60.2 Å². The number of ether oxygens (including phenoxy) is 1. The molecule has 0 bridgehead atoms. The van der Waals surface area contributed by atoms with Gasteiger partial charge >= 0.3 is 18.2 Å². The molecule has 0 aromatic heterocycles. The Balaban J connectivity index is 1.25. The maximum Gasteiger partial charge on any atom is 0.416 e. The highest BCUT2D eigenvalue weighted by atomic mass is 19.4. The number of alkyl halides is 3. The van der Waals surface area contributed by atoms with Crippen LogP contribution in [0.4, 0.5) is 18.0 Å². The highest BCUT2D eigenvalue weighted by molar-refractivity contribution is 5.99. The number of benzene rings is 4. The first-order chi connectivity index (χ1) is 26.9. The minimum atomic E-state index is -4.59. The average molecular weight is 767 g/mol. The summed E-state index contributed by atoms with van der Waals surface area (Å²) in [5.74, 6) is -1.58. The first kappa shape index (κ1) is 38.5. The Labute approximate surface area is 322 Å². The predicted octanol–water partition coefficient (Wildman–Crippen LogP) is 5.84. The van der Waals surface area contributed by atoms with E-state index in [-0.39, 0.29) is 35.1 Å². The molecule has 7 rings (SSSR count). The number of carbonyl (C=O) groups is 4. The fourth-order valence-electron chi connectivity index (χ4n) is 8.08. The molecule has 1 unspecified atom stereocenters. The zero-order valence-corrected chi connectivity index (χ0v) is 30.6. The zero-order chi connectivity index (χ0) is 39.5. The lowest BCUT2D eigenvalue weighted by molar-refractivity contribution is -0.856. The summed E-state index contributed by atoms with van der Waals surface area (Å²) in [6.45, 7) is 0.824. The highest BCUT2D eigenvalue weighted by Gasteiger charge is 2.59. The van der Waals surface area contributed by atoms with Crippen LogP contribution in [0.5, 0.6) is 0 Å². The van der Waals surface area contributed by atoms with Crippen molar-refractivity contribution in [2.45, 2.75) is 62.3 Å². The molecule has 4 aromatic carbocycles. The number of nitrogens with one attached hydrogen (secondary N) is 1. The van der Waals surface area contributed by atoms with Gasteiger partial charge in [-0.1, -0.05) is 115 Å². The maximum atomic E-state index is 14.7. The Morgan fingerprint density at radius 1 is 0.911 bits per heavy atom. The Kier molecular flexibility index (Phi) is 11.1. The Morgan fingerprint density at radius 3 is 2.23 bits per heavy atom. The Hall–Kier alpha value is -5.79. The van der Waals surface area contributed by atoms with Crippen molar-refractivity contribution < 1.29 is 41.6 Å². The van der Waals surface area contributed by atoms with E-state index in [0.717, 1.165) is 28.8 Å². The van der Waals surface area contributed by atoms with Crippen LogP contribution >= 0.6 is 0 Å². The lowest BCUT2D eigenvalue weighted by atomic mass is 9.87. The van der Waals surface area contributed by atoms with Crippen LogP contribution in [-0.4, -0.2) is 82.0 Å². The molecular weight excluding hydrogens is 723 g/mol. The molecule has 3 heterocycles. The number of β-lactam (4-membered cyclic amide) rings is 1. The lowest BCUT2D eigenvalue weighted by Crippen LogP contribution is -2.74. The molecule has 3 fully saturated rings. The van der Waals surface area contributed by atoms with Crippen molar-refractivity contribution in [1.82, 2.24) is 15.1 Å². The number of hydrogen-bond acceptors (Lipinski definition) is 6. The third-order valence-electron chi connectivity index (χ3n) is 10.9. The van der Waals surface area contributed by atoms with Crippen molar-refractivity contribution in [1.29, 1.82) is 0 Å². The van der Waals surface area contributed by atoms with Crippen LogP contribution in [0.25, 0.3) is 6.08 Å². The van der Waals surface area contributed by atoms with Crippen molar-refractivity contribution in [2.75, 3.05) is 19.7 Å². The second-order valence-corrected chi connectivity index (χ2v) is 14.6. The molecule has 4 amide bonds. The van der Waals surface area contributed by atoms with E-state index in [4.69, 9.17) is 10.5 Å². The lowest BCUT2D eigenvalue weighted by Gasteiger charge is -2.52. The summed E-state index contributed by atoms with van der Waals surface area (Å²) >= 11 is 0. The molecule has 56 heavy (non-hydrogen) atoms. The minimum absolute atomic E-state index is 0.0148. The molecule has 6 atom stereocenters. The fourth-order valence-corrected chi connectivity index (χ4v) is 8.08. The van der Waals surface area contributed by atoms with Gasteiger partial charge in [0.2, 0.25) is 11.8 Å². The van der Waals surface area contributed by atoms with Gasteiger partial charge in [0.05, 0.1) is 36.7 Å². The summed E-state index contributed by atoms with van der Waals surface area (Å²) in [4.78, 5) is 59.8. The van der Waals surface area contributed by atoms with E-state index in [2.05, 4.69) is 5.32 Å². The number of rotatable bonds is 12. The van der Waals surface area contributed by atoms with Gasteiger partial charge in [-0.2, -0.15) is 13.2 Å². The van der Waals surface area contributed by atoms with Crippen molar-refractivity contribution in [3.05, 3.63) is 149 Å². The quantitative estimate of drug-likeness (QED) is 0.138. The van der Waals surface area contributed by atoms with Gasteiger partial charge in [0.15, 0.2) is 0 Å². The van der Waals surface area contributed by atoms with Gasteiger partial charge in [-0.15, -0.1) is 0 Å². The molecule has 0 aliphatic carbocycles. The number of likely N-dealkylation sites (tertiary alicyclic amines) is 2. The van der Waals surface area contributed by atoms with Crippen LogP contribution in [0.3, 0.4) is 0 Å². The number of carbonyl (C=O) groups excluding carboxylic acids is 4. The number of cyclic esters (lactones) is 1. The average Bonchev–Trinajstić information content (AvgIpc) is 3.77. The highest BCUT2D eigenvalue weighted by Crippen LogP contribution is 2.39. The largest absolute Gasteiger partial charge is 0.447 e. The third kappa shape index (κ3) is 8.10. The fraction of sp³-hybridized carbons (Fsp3) is 0.302. The van der Waals surface area contributed by atoms with Crippen molar-refractivity contribution in [3.63, 3.8) is 0 Å². The molecule has 10 nitrogen and oxygen atoms in total. The minimum Gasteiger partial charge on any atom is -0.447 e. The smallest absolute Gasteiger partial charge is 0.416 e. The predicted molar refractivity (Wildman–Crippen MR) is 202 cm³/mol. The van der Waals surface area contributed by atoms with Gasteiger partial charge in [0, 0.05) is 18.5 Å². The number of halogens is 3. The summed E-state index contributed by atoms with van der Waals surface area (Å²) < 4.78 is 46.1. The van der Waals surface area contributed by atoms with Crippen LogP contribution in [0.2, 0.25) is 0 Å². The van der Waals surface area contributed by atoms with Crippen LogP contribution in [0, 0.1) is 0 Å².